The molecule has 7 nitrogen and oxygen atoms in total. The van der Waals surface area contributed by atoms with Gasteiger partial charge >= 0.3 is 5.97 Å². The SMILES string of the molecule is COc1ccc(-c2nnc(C(C)OC(=O)CCC(=O)c3ccc(C)s3)o2)cc1. The maximum atomic E-state index is 12.1. The number of carbonyl (C=O) groups excluding carboxylic acids is 2. The highest BCUT2D eigenvalue weighted by Gasteiger charge is 2.20. The van der Waals surface area contributed by atoms with E-state index >= 15 is 0 Å². The lowest BCUT2D eigenvalue weighted by Crippen LogP contribution is -2.11. The minimum absolute atomic E-state index is 0.000402. The Hall–Kier alpha value is -3.00. The topological polar surface area (TPSA) is 91.5 Å². The Kier molecular flexibility index (Phi) is 6.20. The van der Waals surface area contributed by atoms with Crippen molar-refractivity contribution in [1.82, 2.24) is 10.2 Å². The lowest BCUT2D eigenvalue weighted by molar-refractivity contribution is -0.149. The van der Waals surface area contributed by atoms with E-state index in [4.69, 9.17) is 13.9 Å². The fourth-order valence-corrected chi connectivity index (χ4v) is 3.31. The zero-order chi connectivity index (χ0) is 20.1. The molecule has 1 atom stereocenters. The average Bonchev–Trinajstić information content (AvgIpc) is 3.35. The number of hydrogen-bond acceptors (Lipinski definition) is 8. The zero-order valence-electron chi connectivity index (χ0n) is 15.8. The van der Waals surface area contributed by atoms with E-state index in [9.17, 15) is 9.59 Å². The molecule has 2 aromatic heterocycles. The Morgan fingerprint density at radius 1 is 1.11 bits per heavy atom. The Morgan fingerprint density at radius 3 is 2.50 bits per heavy atom. The van der Waals surface area contributed by atoms with Crippen LogP contribution in [0.1, 0.15) is 46.3 Å². The third-order valence-corrected chi connectivity index (χ3v) is 5.05. The second-order valence-corrected chi connectivity index (χ2v) is 7.43. The number of methoxy groups -OCH3 is 1. The van der Waals surface area contributed by atoms with Gasteiger partial charge in [0.25, 0.3) is 5.89 Å². The van der Waals surface area contributed by atoms with Crippen LogP contribution in [0.25, 0.3) is 11.5 Å². The molecule has 0 aliphatic heterocycles. The molecule has 0 fully saturated rings. The van der Waals surface area contributed by atoms with Gasteiger partial charge in [0.05, 0.1) is 18.4 Å². The molecule has 0 amide bonds. The van der Waals surface area contributed by atoms with Crippen molar-refractivity contribution in [3.8, 4) is 17.2 Å². The molecule has 0 spiro atoms. The lowest BCUT2D eigenvalue weighted by atomic mass is 10.2. The molecule has 0 aliphatic carbocycles. The number of aryl methyl sites for hydroxylation is 1. The normalized spacial score (nSPS) is 11.8. The van der Waals surface area contributed by atoms with E-state index < -0.39 is 12.1 Å². The zero-order valence-corrected chi connectivity index (χ0v) is 16.6. The quantitative estimate of drug-likeness (QED) is 0.409. The van der Waals surface area contributed by atoms with E-state index in [1.54, 1.807) is 44.4 Å². The number of ketones is 1. The van der Waals surface area contributed by atoms with Crippen molar-refractivity contribution in [3.63, 3.8) is 0 Å². The van der Waals surface area contributed by atoms with Crippen LogP contribution in [0, 0.1) is 6.92 Å². The van der Waals surface area contributed by atoms with Gasteiger partial charge < -0.3 is 13.9 Å². The third kappa shape index (κ3) is 4.83. The van der Waals surface area contributed by atoms with Gasteiger partial charge in [-0.15, -0.1) is 21.5 Å². The van der Waals surface area contributed by atoms with Gasteiger partial charge in [-0.3, -0.25) is 9.59 Å². The Morgan fingerprint density at radius 2 is 1.86 bits per heavy atom. The van der Waals surface area contributed by atoms with E-state index in [2.05, 4.69) is 10.2 Å². The summed E-state index contributed by atoms with van der Waals surface area (Å²) in [5, 5.41) is 7.93. The predicted octanol–water partition coefficient (Wildman–Crippen LogP) is 4.38. The average molecular weight is 400 g/mol. The summed E-state index contributed by atoms with van der Waals surface area (Å²) in [7, 11) is 1.59. The molecule has 0 saturated carbocycles. The van der Waals surface area contributed by atoms with Gasteiger partial charge in [0.2, 0.25) is 5.89 Å². The minimum atomic E-state index is -0.703. The fourth-order valence-electron chi connectivity index (χ4n) is 2.48. The van der Waals surface area contributed by atoms with Crippen LogP contribution in [0.3, 0.4) is 0 Å². The smallest absolute Gasteiger partial charge is 0.307 e. The minimum Gasteiger partial charge on any atom is -0.497 e. The number of Topliss-reactive ketones (excluding diaryl/α,β-unsaturated/α-hetero) is 1. The van der Waals surface area contributed by atoms with Crippen molar-refractivity contribution in [2.75, 3.05) is 7.11 Å². The fraction of sp³-hybridized carbons (Fsp3) is 0.300. The number of carbonyl (C=O) groups is 2. The highest BCUT2D eigenvalue weighted by atomic mass is 32.1. The van der Waals surface area contributed by atoms with E-state index in [1.165, 1.54) is 11.3 Å². The largest absolute Gasteiger partial charge is 0.497 e. The number of rotatable bonds is 8. The molecule has 2 heterocycles. The van der Waals surface area contributed by atoms with E-state index in [0.29, 0.717) is 10.8 Å². The highest BCUT2D eigenvalue weighted by Crippen LogP contribution is 2.24. The van der Waals surface area contributed by atoms with Gasteiger partial charge in [0.1, 0.15) is 5.75 Å². The number of esters is 1. The first-order valence-corrected chi connectivity index (χ1v) is 9.55. The molecule has 1 aromatic carbocycles. The van der Waals surface area contributed by atoms with E-state index in [0.717, 1.165) is 16.2 Å². The van der Waals surface area contributed by atoms with Crippen LogP contribution in [-0.4, -0.2) is 29.1 Å². The van der Waals surface area contributed by atoms with E-state index in [1.807, 2.05) is 13.0 Å². The van der Waals surface area contributed by atoms with Crippen molar-refractivity contribution in [3.05, 3.63) is 52.0 Å². The van der Waals surface area contributed by atoms with Gasteiger partial charge in [0.15, 0.2) is 11.9 Å². The van der Waals surface area contributed by atoms with Crippen LogP contribution < -0.4 is 4.74 Å². The molecule has 0 bridgehead atoms. The molecule has 0 aliphatic rings. The first kappa shape index (κ1) is 19.8. The molecule has 28 heavy (non-hydrogen) atoms. The third-order valence-electron chi connectivity index (χ3n) is 4.00. The molecule has 3 rings (SSSR count). The van der Waals surface area contributed by atoms with Crippen LogP contribution in [0.5, 0.6) is 5.75 Å². The Labute approximate surface area is 166 Å². The molecule has 8 heteroatoms. The molecule has 1 unspecified atom stereocenters. The molecule has 0 saturated heterocycles. The summed E-state index contributed by atoms with van der Waals surface area (Å²) in [6.07, 6.45) is -0.599. The molecule has 3 aromatic rings. The lowest BCUT2D eigenvalue weighted by Gasteiger charge is -2.08. The summed E-state index contributed by atoms with van der Waals surface area (Å²) in [5.74, 6) is 0.682. The number of benzene rings is 1. The molecular weight excluding hydrogens is 380 g/mol. The summed E-state index contributed by atoms with van der Waals surface area (Å²) < 4.78 is 16.0. The van der Waals surface area contributed by atoms with Gasteiger partial charge in [-0.25, -0.2) is 0 Å². The molecule has 0 radical (unpaired) electrons. The van der Waals surface area contributed by atoms with E-state index in [-0.39, 0.29) is 24.5 Å². The van der Waals surface area contributed by atoms with Gasteiger partial charge in [0, 0.05) is 16.9 Å². The van der Waals surface area contributed by atoms with Crippen molar-refractivity contribution in [2.24, 2.45) is 0 Å². The number of nitrogens with zero attached hydrogens (tertiary/aromatic N) is 2. The summed E-state index contributed by atoms with van der Waals surface area (Å²) >= 11 is 1.42. The number of ether oxygens (including phenoxy) is 2. The number of hydrogen-bond donors (Lipinski definition) is 0. The standard InChI is InChI=1S/C20H20N2O5S/c1-12-4-10-17(28-12)16(23)9-11-18(24)26-13(2)19-21-22-20(27-19)14-5-7-15(25-3)8-6-14/h4-8,10,13H,9,11H2,1-3H3. The highest BCUT2D eigenvalue weighted by molar-refractivity contribution is 7.14. The summed E-state index contributed by atoms with van der Waals surface area (Å²) in [5.41, 5.74) is 0.731. The predicted molar refractivity (Wildman–Crippen MR) is 103 cm³/mol. The van der Waals surface area contributed by atoms with Crippen LogP contribution in [-0.2, 0) is 9.53 Å². The monoisotopic (exact) mass is 400 g/mol. The number of aromatic nitrogens is 2. The van der Waals surface area contributed by atoms with Gasteiger partial charge in [-0.2, -0.15) is 0 Å². The second kappa shape index (κ2) is 8.79. The van der Waals surface area contributed by atoms with Crippen LogP contribution >= 0.6 is 11.3 Å². The maximum Gasteiger partial charge on any atom is 0.307 e. The van der Waals surface area contributed by atoms with Crippen LogP contribution in [0.2, 0.25) is 0 Å². The number of thiophene rings is 1. The van der Waals surface area contributed by atoms with Crippen molar-refractivity contribution in [1.29, 1.82) is 0 Å². The summed E-state index contributed by atoms with van der Waals surface area (Å²) in [6, 6.07) is 10.8. The Balaban J connectivity index is 1.54. The van der Waals surface area contributed by atoms with Gasteiger partial charge in [-0.1, -0.05) is 0 Å². The first-order valence-electron chi connectivity index (χ1n) is 8.73. The van der Waals surface area contributed by atoms with Crippen LogP contribution in [0.15, 0.2) is 40.8 Å². The van der Waals surface area contributed by atoms with Crippen molar-refractivity contribution < 1.29 is 23.5 Å². The first-order chi connectivity index (χ1) is 13.5. The van der Waals surface area contributed by atoms with Gasteiger partial charge in [-0.05, 0) is 50.2 Å². The summed E-state index contributed by atoms with van der Waals surface area (Å²) in [4.78, 5) is 25.8. The maximum absolute atomic E-state index is 12.1. The molecule has 146 valence electrons. The second-order valence-electron chi connectivity index (χ2n) is 6.14. The summed E-state index contributed by atoms with van der Waals surface area (Å²) in [6.45, 7) is 3.58. The Bertz CT molecular complexity index is 961. The molecular formula is C20H20N2O5S. The molecule has 0 N–H and O–H groups in total. The van der Waals surface area contributed by atoms with Crippen LogP contribution in [0.4, 0.5) is 0 Å². The van der Waals surface area contributed by atoms with Crippen molar-refractivity contribution >= 4 is 23.1 Å². The van der Waals surface area contributed by atoms with Crippen molar-refractivity contribution in [2.45, 2.75) is 32.8 Å².